The molecule has 1 aliphatic heterocycles. The van der Waals surface area contributed by atoms with Gasteiger partial charge >= 0.3 is 0 Å². The zero-order chi connectivity index (χ0) is 22.9. The third-order valence-electron chi connectivity index (χ3n) is 5.43. The molecule has 3 aromatic carbocycles. The molecule has 0 saturated heterocycles. The van der Waals surface area contributed by atoms with Crippen LogP contribution in [0.1, 0.15) is 43.2 Å². The van der Waals surface area contributed by atoms with Gasteiger partial charge in [-0.15, -0.1) is 0 Å². The molecule has 170 valence electrons. The van der Waals surface area contributed by atoms with E-state index in [1.807, 2.05) is 36.4 Å². The van der Waals surface area contributed by atoms with Crippen LogP contribution in [-0.4, -0.2) is 35.9 Å². The molecular weight excluding hydrogens is 416 g/mol. The van der Waals surface area contributed by atoms with Crippen molar-refractivity contribution in [1.29, 1.82) is 0 Å². The second kappa shape index (κ2) is 11.2. The maximum absolute atomic E-state index is 10.6. The average Bonchev–Trinajstić information content (AvgIpc) is 2.83. The molecule has 0 amide bonds. The fourth-order valence-electron chi connectivity index (χ4n) is 3.58. The second-order valence-corrected chi connectivity index (χ2v) is 7.86. The SMILES string of the molecule is Oc1c2cccc1OCCCCCCCOc1cccc(c1O)C=Nc1ccccc1N=C2. The number of ether oxygens (including phenoxy) is 2. The first-order valence-electron chi connectivity index (χ1n) is 11.3. The summed E-state index contributed by atoms with van der Waals surface area (Å²) in [6.45, 7) is 1.09. The molecule has 0 aromatic heterocycles. The van der Waals surface area contributed by atoms with E-state index in [-0.39, 0.29) is 11.5 Å². The van der Waals surface area contributed by atoms with Gasteiger partial charge in [0.2, 0.25) is 0 Å². The minimum atomic E-state index is 0.0759. The first kappa shape index (κ1) is 22.4. The van der Waals surface area contributed by atoms with E-state index in [2.05, 4.69) is 9.98 Å². The number of benzene rings is 3. The van der Waals surface area contributed by atoms with Crippen LogP contribution in [0.25, 0.3) is 0 Å². The first-order chi connectivity index (χ1) is 16.2. The summed E-state index contributed by atoms with van der Waals surface area (Å²) >= 11 is 0. The summed E-state index contributed by atoms with van der Waals surface area (Å²) in [5, 5.41) is 21.2. The predicted molar refractivity (Wildman–Crippen MR) is 131 cm³/mol. The van der Waals surface area contributed by atoms with Crippen molar-refractivity contribution in [3.63, 3.8) is 0 Å². The van der Waals surface area contributed by atoms with Crippen LogP contribution in [0.5, 0.6) is 23.0 Å². The van der Waals surface area contributed by atoms with Gasteiger partial charge in [-0.3, -0.25) is 9.98 Å². The molecule has 0 radical (unpaired) electrons. The van der Waals surface area contributed by atoms with E-state index >= 15 is 0 Å². The lowest BCUT2D eigenvalue weighted by Crippen LogP contribution is -2.00. The maximum atomic E-state index is 10.6. The Morgan fingerprint density at radius 3 is 1.48 bits per heavy atom. The molecule has 6 heteroatoms. The molecule has 4 rings (SSSR count). The lowest BCUT2D eigenvalue weighted by atomic mass is 10.1. The Labute approximate surface area is 193 Å². The number of phenolic OH excluding ortho intramolecular Hbond substituents is 2. The predicted octanol–water partition coefficient (Wildman–Crippen LogP) is 6.32. The highest BCUT2D eigenvalue weighted by molar-refractivity contribution is 5.90. The molecule has 1 aliphatic rings. The quantitative estimate of drug-likeness (QED) is 0.425. The van der Waals surface area contributed by atoms with Crippen LogP contribution >= 0.6 is 0 Å². The second-order valence-electron chi connectivity index (χ2n) is 7.86. The van der Waals surface area contributed by atoms with Crippen LogP contribution in [0.2, 0.25) is 0 Å². The summed E-state index contributed by atoms with van der Waals surface area (Å²) in [4.78, 5) is 9.07. The molecule has 0 spiro atoms. The van der Waals surface area contributed by atoms with Crippen molar-refractivity contribution >= 4 is 23.8 Å². The van der Waals surface area contributed by atoms with Crippen molar-refractivity contribution < 1.29 is 19.7 Å². The van der Waals surface area contributed by atoms with Gasteiger partial charge < -0.3 is 19.7 Å². The van der Waals surface area contributed by atoms with Crippen molar-refractivity contribution in [2.75, 3.05) is 13.2 Å². The molecule has 33 heavy (non-hydrogen) atoms. The third-order valence-corrected chi connectivity index (χ3v) is 5.43. The number of phenols is 2. The third kappa shape index (κ3) is 5.92. The molecule has 0 fully saturated rings. The normalized spacial score (nSPS) is 14.9. The zero-order valence-electron chi connectivity index (χ0n) is 18.5. The van der Waals surface area contributed by atoms with Gasteiger partial charge in [-0.1, -0.05) is 43.5 Å². The van der Waals surface area contributed by atoms with Gasteiger partial charge in [-0.05, 0) is 49.2 Å². The van der Waals surface area contributed by atoms with Crippen LogP contribution < -0.4 is 9.47 Å². The molecule has 0 atom stereocenters. The molecular formula is C27H28N2O4. The van der Waals surface area contributed by atoms with Gasteiger partial charge in [0.05, 0.1) is 24.6 Å². The van der Waals surface area contributed by atoms with Gasteiger partial charge in [-0.25, -0.2) is 0 Å². The highest BCUT2D eigenvalue weighted by atomic mass is 16.5. The lowest BCUT2D eigenvalue weighted by molar-refractivity contribution is 0.279. The van der Waals surface area contributed by atoms with Crippen molar-refractivity contribution in [2.24, 2.45) is 9.98 Å². The summed E-state index contributed by atoms with van der Waals surface area (Å²) in [6.07, 6.45) is 8.17. The van der Waals surface area contributed by atoms with Gasteiger partial charge in [-0.2, -0.15) is 0 Å². The standard InChI is InChI=1S/C27H28N2O4/c30-26-20-10-8-14-24(26)32-16-6-2-1-3-7-17-33-25-15-9-11-21(27(25)31)19-29-23-13-5-4-12-22(23)28-18-20/h4-5,8-15,18-19,30-31H,1-3,6-7,16-17H2. The highest BCUT2D eigenvalue weighted by Gasteiger charge is 2.09. The Bertz CT molecular complexity index is 1050. The highest BCUT2D eigenvalue weighted by Crippen LogP contribution is 2.33. The summed E-state index contributed by atoms with van der Waals surface area (Å²) in [7, 11) is 0. The number of para-hydroxylation sites is 4. The summed E-state index contributed by atoms with van der Waals surface area (Å²) in [5.41, 5.74) is 2.41. The van der Waals surface area contributed by atoms with Crippen molar-refractivity contribution in [2.45, 2.75) is 32.1 Å². The van der Waals surface area contributed by atoms with Crippen LogP contribution in [0.3, 0.4) is 0 Å². The van der Waals surface area contributed by atoms with E-state index in [1.165, 1.54) is 0 Å². The van der Waals surface area contributed by atoms with Crippen molar-refractivity contribution in [1.82, 2.24) is 0 Å². The van der Waals surface area contributed by atoms with E-state index in [0.29, 0.717) is 47.2 Å². The van der Waals surface area contributed by atoms with E-state index in [4.69, 9.17) is 9.47 Å². The van der Waals surface area contributed by atoms with E-state index in [9.17, 15) is 10.2 Å². The number of rotatable bonds is 0. The fraction of sp³-hybridized carbons (Fsp3) is 0.259. The number of aliphatic imine (C=N–C) groups is 2. The van der Waals surface area contributed by atoms with Crippen molar-refractivity contribution in [3.8, 4) is 23.0 Å². The maximum Gasteiger partial charge on any atom is 0.166 e. The van der Waals surface area contributed by atoms with Crippen LogP contribution in [0.15, 0.2) is 70.6 Å². The van der Waals surface area contributed by atoms with Crippen LogP contribution in [0.4, 0.5) is 11.4 Å². The smallest absolute Gasteiger partial charge is 0.166 e. The molecule has 0 saturated carbocycles. The molecule has 4 bridgehead atoms. The molecule has 1 heterocycles. The van der Waals surface area contributed by atoms with Crippen LogP contribution in [0, 0.1) is 0 Å². The minimum absolute atomic E-state index is 0.0759. The Kier molecular flexibility index (Phi) is 7.59. The lowest BCUT2D eigenvalue weighted by Gasteiger charge is -2.10. The topological polar surface area (TPSA) is 83.6 Å². The van der Waals surface area contributed by atoms with Crippen molar-refractivity contribution in [3.05, 3.63) is 71.8 Å². The summed E-state index contributed by atoms with van der Waals surface area (Å²) < 4.78 is 11.6. The minimum Gasteiger partial charge on any atom is -0.504 e. The van der Waals surface area contributed by atoms with E-state index in [0.717, 1.165) is 32.1 Å². The molecule has 0 aliphatic carbocycles. The summed E-state index contributed by atoms with van der Waals surface area (Å²) in [5.74, 6) is 1.07. The van der Waals surface area contributed by atoms with Gasteiger partial charge in [0.15, 0.2) is 23.0 Å². The van der Waals surface area contributed by atoms with Gasteiger partial charge in [0.1, 0.15) is 0 Å². The van der Waals surface area contributed by atoms with Gasteiger partial charge in [0.25, 0.3) is 0 Å². The average molecular weight is 445 g/mol. The number of hydrogen-bond donors (Lipinski definition) is 2. The Balaban J connectivity index is 1.66. The Hall–Kier alpha value is -3.80. The fourth-order valence-corrected chi connectivity index (χ4v) is 3.58. The summed E-state index contributed by atoms with van der Waals surface area (Å²) in [6, 6.07) is 18.2. The Morgan fingerprint density at radius 2 is 1.00 bits per heavy atom. The Morgan fingerprint density at radius 1 is 0.545 bits per heavy atom. The molecule has 0 unspecified atom stereocenters. The van der Waals surface area contributed by atoms with E-state index < -0.39 is 0 Å². The first-order valence-corrected chi connectivity index (χ1v) is 11.3. The van der Waals surface area contributed by atoms with E-state index in [1.54, 1.807) is 36.7 Å². The zero-order valence-corrected chi connectivity index (χ0v) is 18.5. The van der Waals surface area contributed by atoms with Crippen LogP contribution in [-0.2, 0) is 0 Å². The molecule has 3 aromatic rings. The molecule has 2 N–H and O–H groups in total. The largest absolute Gasteiger partial charge is 0.504 e. The monoisotopic (exact) mass is 444 g/mol. The number of aromatic hydroxyl groups is 2. The number of fused-ring (bicyclic) bond motifs is 5. The number of hydrogen-bond acceptors (Lipinski definition) is 6. The van der Waals surface area contributed by atoms with Gasteiger partial charge in [0, 0.05) is 23.6 Å². The molecule has 6 nitrogen and oxygen atoms in total. The number of nitrogens with zero attached hydrogens (tertiary/aromatic N) is 2.